The third-order valence-corrected chi connectivity index (χ3v) is 4.43. The normalized spacial score (nSPS) is 32.5. The monoisotopic (exact) mass is 292 g/mol. The van der Waals surface area contributed by atoms with Gasteiger partial charge in [0.05, 0.1) is 5.92 Å². The molecule has 0 spiro atoms. The van der Waals surface area contributed by atoms with Crippen LogP contribution in [0.3, 0.4) is 0 Å². The van der Waals surface area contributed by atoms with Gasteiger partial charge in [-0.25, -0.2) is 0 Å². The van der Waals surface area contributed by atoms with Gasteiger partial charge in [0, 0.05) is 12.0 Å². The summed E-state index contributed by atoms with van der Waals surface area (Å²) in [6.45, 7) is 1.81. The molecule has 2 rings (SSSR count). The maximum Gasteiger partial charge on any atom is 0.391 e. The lowest BCUT2D eigenvalue weighted by Gasteiger charge is -2.30. The summed E-state index contributed by atoms with van der Waals surface area (Å²) in [5.41, 5.74) is 0. The predicted octanol–water partition coefficient (Wildman–Crippen LogP) is 2.61. The minimum Gasteiger partial charge on any atom is -0.353 e. The number of carbonyl (C=O) groups is 1. The fraction of sp³-hybridized carbons (Fsp3) is 0.929. The molecule has 0 bridgehead atoms. The SMILES string of the molecule is O=C(NC1CCCNCC1)C1CCCC(C(F)(F)F)C1. The highest BCUT2D eigenvalue weighted by Crippen LogP contribution is 2.40. The number of alkyl halides is 3. The molecule has 2 aliphatic rings. The van der Waals surface area contributed by atoms with Gasteiger partial charge in [-0.15, -0.1) is 0 Å². The first-order valence-corrected chi connectivity index (χ1v) is 7.54. The zero-order valence-electron chi connectivity index (χ0n) is 11.6. The van der Waals surface area contributed by atoms with E-state index >= 15 is 0 Å². The van der Waals surface area contributed by atoms with Gasteiger partial charge in [0.15, 0.2) is 0 Å². The first-order chi connectivity index (χ1) is 9.47. The quantitative estimate of drug-likeness (QED) is 0.821. The Morgan fingerprint density at radius 2 is 1.85 bits per heavy atom. The average Bonchev–Trinajstić information content (AvgIpc) is 2.66. The van der Waals surface area contributed by atoms with E-state index in [4.69, 9.17) is 0 Å². The van der Waals surface area contributed by atoms with Gasteiger partial charge in [-0.05, 0) is 51.6 Å². The Balaban J connectivity index is 1.85. The number of hydrogen-bond donors (Lipinski definition) is 2. The summed E-state index contributed by atoms with van der Waals surface area (Å²) in [5.74, 6) is -1.94. The first-order valence-electron chi connectivity index (χ1n) is 7.54. The Labute approximate surface area is 117 Å². The highest BCUT2D eigenvalue weighted by molar-refractivity contribution is 5.79. The highest BCUT2D eigenvalue weighted by Gasteiger charge is 2.43. The number of amides is 1. The second kappa shape index (κ2) is 6.78. The summed E-state index contributed by atoms with van der Waals surface area (Å²) < 4.78 is 38.3. The van der Waals surface area contributed by atoms with Crippen LogP contribution in [0.2, 0.25) is 0 Å². The Kier molecular flexibility index (Phi) is 5.29. The molecular formula is C14H23F3N2O. The largest absolute Gasteiger partial charge is 0.391 e. The molecule has 0 radical (unpaired) electrons. The van der Waals surface area contributed by atoms with Crippen molar-refractivity contribution in [3.05, 3.63) is 0 Å². The van der Waals surface area contributed by atoms with Crippen LogP contribution in [0.25, 0.3) is 0 Å². The van der Waals surface area contributed by atoms with E-state index in [9.17, 15) is 18.0 Å². The van der Waals surface area contributed by atoms with Crippen molar-refractivity contribution < 1.29 is 18.0 Å². The summed E-state index contributed by atoms with van der Waals surface area (Å²) in [4.78, 5) is 12.2. The van der Waals surface area contributed by atoms with Gasteiger partial charge < -0.3 is 10.6 Å². The standard InChI is InChI=1S/C14H23F3N2O/c15-14(16,17)11-4-1-3-10(9-11)13(20)19-12-5-2-7-18-8-6-12/h10-12,18H,1-9H2,(H,19,20). The fourth-order valence-corrected chi connectivity index (χ4v) is 3.21. The number of carbonyl (C=O) groups excluding carboxylic acids is 1. The molecule has 1 amide bonds. The van der Waals surface area contributed by atoms with Crippen molar-refractivity contribution in [1.29, 1.82) is 0 Å². The van der Waals surface area contributed by atoms with Crippen molar-refractivity contribution in [1.82, 2.24) is 10.6 Å². The number of hydrogen-bond acceptors (Lipinski definition) is 2. The Hall–Kier alpha value is -0.780. The van der Waals surface area contributed by atoms with E-state index in [1.165, 1.54) is 0 Å². The maximum atomic E-state index is 12.8. The molecule has 116 valence electrons. The molecule has 1 aliphatic heterocycles. The molecule has 1 heterocycles. The molecule has 2 N–H and O–H groups in total. The predicted molar refractivity (Wildman–Crippen MR) is 70.2 cm³/mol. The van der Waals surface area contributed by atoms with Gasteiger partial charge in [0.2, 0.25) is 5.91 Å². The van der Waals surface area contributed by atoms with Gasteiger partial charge in [-0.3, -0.25) is 4.79 Å². The van der Waals surface area contributed by atoms with Crippen LogP contribution in [0, 0.1) is 11.8 Å². The second-order valence-corrected chi connectivity index (χ2v) is 5.99. The van der Waals surface area contributed by atoms with E-state index in [2.05, 4.69) is 10.6 Å². The molecule has 1 aliphatic carbocycles. The number of halogens is 3. The van der Waals surface area contributed by atoms with E-state index in [1.54, 1.807) is 0 Å². The van der Waals surface area contributed by atoms with Crippen LogP contribution in [0.15, 0.2) is 0 Å². The van der Waals surface area contributed by atoms with Crippen LogP contribution >= 0.6 is 0 Å². The van der Waals surface area contributed by atoms with E-state index in [1.807, 2.05) is 0 Å². The molecule has 0 aromatic heterocycles. The zero-order chi connectivity index (χ0) is 14.6. The summed E-state index contributed by atoms with van der Waals surface area (Å²) in [7, 11) is 0. The Bertz CT molecular complexity index is 325. The van der Waals surface area contributed by atoms with Crippen molar-refractivity contribution in [2.24, 2.45) is 11.8 Å². The van der Waals surface area contributed by atoms with Gasteiger partial charge in [0.25, 0.3) is 0 Å². The topological polar surface area (TPSA) is 41.1 Å². The van der Waals surface area contributed by atoms with Crippen molar-refractivity contribution >= 4 is 5.91 Å². The maximum absolute atomic E-state index is 12.8. The fourth-order valence-electron chi connectivity index (χ4n) is 3.21. The van der Waals surface area contributed by atoms with Crippen LogP contribution < -0.4 is 10.6 Å². The second-order valence-electron chi connectivity index (χ2n) is 5.99. The molecule has 6 heteroatoms. The lowest BCUT2D eigenvalue weighted by atomic mass is 9.80. The molecular weight excluding hydrogens is 269 g/mol. The zero-order valence-corrected chi connectivity index (χ0v) is 11.6. The minimum absolute atomic E-state index is 0.0414. The van der Waals surface area contributed by atoms with Crippen LogP contribution in [0.5, 0.6) is 0 Å². The molecule has 2 fully saturated rings. The molecule has 1 saturated carbocycles. The van der Waals surface area contributed by atoms with E-state index in [0.29, 0.717) is 12.8 Å². The lowest BCUT2D eigenvalue weighted by Crippen LogP contribution is -2.42. The smallest absolute Gasteiger partial charge is 0.353 e. The first kappa shape index (κ1) is 15.6. The molecule has 1 saturated heterocycles. The summed E-state index contributed by atoms with van der Waals surface area (Å²) in [5, 5.41) is 6.21. The van der Waals surface area contributed by atoms with Crippen LogP contribution in [0.4, 0.5) is 13.2 Å². The Morgan fingerprint density at radius 1 is 1.05 bits per heavy atom. The number of rotatable bonds is 2. The van der Waals surface area contributed by atoms with Gasteiger partial charge in [-0.2, -0.15) is 13.2 Å². The molecule has 0 aromatic rings. The van der Waals surface area contributed by atoms with Crippen LogP contribution in [-0.2, 0) is 4.79 Å². The molecule has 20 heavy (non-hydrogen) atoms. The third kappa shape index (κ3) is 4.36. The molecule has 3 unspecified atom stereocenters. The van der Waals surface area contributed by atoms with Crippen LogP contribution in [-0.4, -0.2) is 31.2 Å². The molecule has 0 aromatic carbocycles. The molecule has 3 atom stereocenters. The average molecular weight is 292 g/mol. The van der Waals surface area contributed by atoms with Crippen molar-refractivity contribution in [2.45, 2.75) is 57.2 Å². The van der Waals surface area contributed by atoms with Crippen LogP contribution in [0.1, 0.15) is 44.9 Å². The molecule has 3 nitrogen and oxygen atoms in total. The van der Waals surface area contributed by atoms with E-state index in [0.717, 1.165) is 32.4 Å². The summed E-state index contributed by atoms with van der Waals surface area (Å²) in [6.07, 6.45) is -0.180. The Morgan fingerprint density at radius 3 is 2.60 bits per heavy atom. The third-order valence-electron chi connectivity index (χ3n) is 4.43. The lowest BCUT2D eigenvalue weighted by molar-refractivity contribution is -0.186. The van der Waals surface area contributed by atoms with Crippen molar-refractivity contribution in [3.63, 3.8) is 0 Å². The highest BCUT2D eigenvalue weighted by atomic mass is 19.4. The van der Waals surface area contributed by atoms with Gasteiger partial charge in [-0.1, -0.05) is 6.42 Å². The van der Waals surface area contributed by atoms with Gasteiger partial charge >= 0.3 is 6.18 Å². The summed E-state index contributed by atoms with van der Waals surface area (Å²) in [6, 6.07) is 0.115. The van der Waals surface area contributed by atoms with E-state index < -0.39 is 18.0 Å². The number of nitrogens with one attached hydrogen (secondary N) is 2. The van der Waals surface area contributed by atoms with Gasteiger partial charge in [0.1, 0.15) is 0 Å². The summed E-state index contributed by atoms with van der Waals surface area (Å²) >= 11 is 0. The van der Waals surface area contributed by atoms with Crippen molar-refractivity contribution in [3.8, 4) is 0 Å². The minimum atomic E-state index is -4.16. The van der Waals surface area contributed by atoms with Crippen molar-refractivity contribution in [2.75, 3.05) is 13.1 Å². The van der Waals surface area contributed by atoms with E-state index in [-0.39, 0.29) is 24.8 Å².